The zero-order valence-electron chi connectivity index (χ0n) is 9.56. The second-order valence-electron chi connectivity index (χ2n) is 3.44. The van der Waals surface area contributed by atoms with Gasteiger partial charge in [0.15, 0.2) is 0 Å². The third-order valence-corrected chi connectivity index (χ3v) is 2.28. The highest BCUT2D eigenvalue weighted by Crippen LogP contribution is 2.27. The van der Waals surface area contributed by atoms with E-state index in [1.54, 1.807) is 6.07 Å². The third-order valence-electron chi connectivity index (χ3n) is 2.28. The Bertz CT molecular complexity index is 578. The van der Waals surface area contributed by atoms with Gasteiger partial charge in [-0.3, -0.25) is 4.79 Å². The number of nitrogens with one attached hydrogen (secondary N) is 1. The van der Waals surface area contributed by atoms with Crippen molar-refractivity contribution in [2.24, 2.45) is 0 Å². The number of rotatable bonds is 3. The van der Waals surface area contributed by atoms with Crippen LogP contribution in [-0.2, 0) is 0 Å². The lowest BCUT2D eigenvalue weighted by molar-refractivity contribution is 0.362. The van der Waals surface area contributed by atoms with E-state index in [9.17, 15) is 4.79 Å². The van der Waals surface area contributed by atoms with Gasteiger partial charge in [0.1, 0.15) is 5.75 Å². The molecule has 0 unspecified atom stereocenters. The van der Waals surface area contributed by atoms with E-state index in [1.807, 2.05) is 25.1 Å². The second kappa shape index (κ2) is 4.69. The van der Waals surface area contributed by atoms with Crippen LogP contribution in [0, 0.1) is 6.92 Å². The van der Waals surface area contributed by atoms with Gasteiger partial charge < -0.3 is 14.5 Å². The summed E-state index contributed by atoms with van der Waals surface area (Å²) in [6.45, 7) is 1.91. The van der Waals surface area contributed by atoms with Crippen molar-refractivity contribution in [3.05, 3.63) is 46.5 Å². The number of ether oxygens (including phenoxy) is 2. The van der Waals surface area contributed by atoms with Crippen LogP contribution >= 0.6 is 0 Å². The summed E-state index contributed by atoms with van der Waals surface area (Å²) in [5, 5.41) is 0. The maximum atomic E-state index is 11.4. The molecule has 0 aliphatic carbocycles. The van der Waals surface area contributed by atoms with Crippen molar-refractivity contribution < 1.29 is 9.47 Å². The van der Waals surface area contributed by atoms with Gasteiger partial charge >= 0.3 is 0 Å². The van der Waals surface area contributed by atoms with Crippen molar-refractivity contribution in [1.29, 1.82) is 0 Å². The number of hydrogen-bond acceptors (Lipinski definition) is 4. The molecule has 0 bridgehead atoms. The zero-order chi connectivity index (χ0) is 12.3. The van der Waals surface area contributed by atoms with Gasteiger partial charge in [0.25, 0.3) is 11.4 Å². The molecule has 17 heavy (non-hydrogen) atoms. The molecule has 0 atom stereocenters. The summed E-state index contributed by atoms with van der Waals surface area (Å²) in [6.07, 6.45) is 1.28. The minimum Gasteiger partial charge on any atom is -0.487 e. The average Bonchev–Trinajstić information content (AvgIpc) is 2.32. The second-order valence-corrected chi connectivity index (χ2v) is 3.44. The van der Waals surface area contributed by atoms with Crippen LogP contribution in [0.25, 0.3) is 0 Å². The normalized spacial score (nSPS) is 10.0. The molecule has 0 amide bonds. The number of H-pyrrole nitrogens is 1. The molecule has 2 aromatic rings. The summed E-state index contributed by atoms with van der Waals surface area (Å²) in [7, 11) is 1.40. The summed E-state index contributed by atoms with van der Waals surface area (Å²) in [6, 6.07) is 7.47. The van der Waals surface area contributed by atoms with Gasteiger partial charge in [-0.2, -0.15) is 0 Å². The molecule has 5 heteroatoms. The number of methoxy groups -OCH3 is 1. The average molecular weight is 232 g/mol. The first-order valence-electron chi connectivity index (χ1n) is 5.07. The highest BCUT2D eigenvalue weighted by molar-refractivity contribution is 5.38. The number of aromatic nitrogens is 2. The fourth-order valence-electron chi connectivity index (χ4n) is 1.40. The Morgan fingerprint density at radius 3 is 2.76 bits per heavy atom. The molecule has 0 saturated heterocycles. The molecule has 0 aliphatic rings. The lowest BCUT2D eigenvalue weighted by Gasteiger charge is -2.09. The Morgan fingerprint density at radius 2 is 2.06 bits per heavy atom. The molecule has 0 spiro atoms. The molecule has 5 nitrogen and oxygen atoms in total. The molecule has 1 aromatic heterocycles. The van der Waals surface area contributed by atoms with Crippen molar-refractivity contribution in [2.75, 3.05) is 7.11 Å². The van der Waals surface area contributed by atoms with Gasteiger partial charge in [-0.1, -0.05) is 18.2 Å². The van der Waals surface area contributed by atoms with Crippen molar-refractivity contribution in [3.63, 3.8) is 0 Å². The molecule has 2 rings (SSSR count). The SMILES string of the molecule is COc1c(Oc2ccccc2C)nc[nH]c1=O. The topological polar surface area (TPSA) is 64.2 Å². The van der Waals surface area contributed by atoms with Crippen LogP contribution in [-0.4, -0.2) is 17.1 Å². The molecule has 1 heterocycles. The van der Waals surface area contributed by atoms with E-state index >= 15 is 0 Å². The van der Waals surface area contributed by atoms with Gasteiger partial charge in [-0.05, 0) is 18.6 Å². The molecule has 1 aromatic carbocycles. The van der Waals surface area contributed by atoms with Gasteiger partial charge in [-0.25, -0.2) is 4.98 Å². The van der Waals surface area contributed by atoms with E-state index < -0.39 is 0 Å². The largest absolute Gasteiger partial charge is 0.487 e. The summed E-state index contributed by atoms with van der Waals surface area (Å²) < 4.78 is 10.5. The molecule has 0 saturated carbocycles. The Kier molecular flexibility index (Phi) is 3.09. The number of benzene rings is 1. The molecule has 88 valence electrons. The first-order valence-corrected chi connectivity index (χ1v) is 5.07. The summed E-state index contributed by atoms with van der Waals surface area (Å²) >= 11 is 0. The quantitative estimate of drug-likeness (QED) is 0.877. The van der Waals surface area contributed by atoms with Crippen LogP contribution in [0.4, 0.5) is 0 Å². The Hall–Kier alpha value is -2.30. The smallest absolute Gasteiger partial charge is 0.297 e. The van der Waals surface area contributed by atoms with Gasteiger partial charge in [0.05, 0.1) is 13.4 Å². The van der Waals surface area contributed by atoms with Crippen LogP contribution < -0.4 is 15.0 Å². The van der Waals surface area contributed by atoms with Crippen LogP contribution in [0.5, 0.6) is 17.4 Å². The first-order chi connectivity index (χ1) is 8.22. The summed E-state index contributed by atoms with van der Waals surface area (Å²) in [4.78, 5) is 17.8. The monoisotopic (exact) mass is 232 g/mol. The summed E-state index contributed by atoms with van der Waals surface area (Å²) in [5.74, 6) is 0.866. The van der Waals surface area contributed by atoms with Crippen LogP contribution in [0.1, 0.15) is 5.56 Å². The molecular formula is C12H12N2O3. The Balaban J connectivity index is 2.40. The molecule has 0 radical (unpaired) electrons. The maximum Gasteiger partial charge on any atom is 0.297 e. The lowest BCUT2D eigenvalue weighted by Crippen LogP contribution is -2.11. The van der Waals surface area contributed by atoms with Crippen molar-refractivity contribution in [3.8, 4) is 17.4 Å². The maximum absolute atomic E-state index is 11.4. The van der Waals surface area contributed by atoms with E-state index in [-0.39, 0.29) is 17.2 Å². The predicted octanol–water partition coefficient (Wildman–Crippen LogP) is 1.88. The fraction of sp³-hybridized carbons (Fsp3) is 0.167. The number of aromatic amines is 1. The van der Waals surface area contributed by atoms with Crippen LogP contribution in [0.2, 0.25) is 0 Å². The van der Waals surface area contributed by atoms with E-state index in [2.05, 4.69) is 9.97 Å². The molecule has 0 aliphatic heterocycles. The minimum atomic E-state index is -0.369. The predicted molar refractivity (Wildman–Crippen MR) is 62.7 cm³/mol. The van der Waals surface area contributed by atoms with Gasteiger partial charge in [-0.15, -0.1) is 0 Å². The van der Waals surface area contributed by atoms with E-state index in [1.165, 1.54) is 13.4 Å². The third kappa shape index (κ3) is 2.28. The number of aryl methyl sites for hydroxylation is 1. The molecule has 0 fully saturated rings. The van der Waals surface area contributed by atoms with Crippen molar-refractivity contribution in [1.82, 2.24) is 9.97 Å². The summed E-state index contributed by atoms with van der Waals surface area (Å²) in [5.41, 5.74) is 0.586. The zero-order valence-corrected chi connectivity index (χ0v) is 9.56. The highest BCUT2D eigenvalue weighted by atomic mass is 16.5. The fourth-order valence-corrected chi connectivity index (χ4v) is 1.40. The number of para-hydroxylation sites is 1. The van der Waals surface area contributed by atoms with E-state index in [0.29, 0.717) is 5.75 Å². The first kappa shape index (κ1) is 11.2. The molecular weight excluding hydrogens is 220 g/mol. The van der Waals surface area contributed by atoms with Crippen LogP contribution in [0.15, 0.2) is 35.4 Å². The van der Waals surface area contributed by atoms with Gasteiger partial charge in [0, 0.05) is 0 Å². The number of nitrogens with zero attached hydrogens (tertiary/aromatic N) is 1. The van der Waals surface area contributed by atoms with E-state index in [0.717, 1.165) is 5.56 Å². The minimum absolute atomic E-state index is 0.0655. The van der Waals surface area contributed by atoms with E-state index in [4.69, 9.17) is 9.47 Å². The number of hydrogen-bond donors (Lipinski definition) is 1. The molecule has 1 N–H and O–H groups in total. The standard InChI is InChI=1S/C12H12N2O3/c1-8-5-3-4-6-9(8)17-12-10(16-2)11(15)13-7-14-12/h3-7H,1-2H3,(H,13,14,15). The van der Waals surface area contributed by atoms with Crippen molar-refractivity contribution in [2.45, 2.75) is 6.92 Å². The Labute approximate surface area is 98.0 Å². The lowest BCUT2D eigenvalue weighted by atomic mass is 10.2. The highest BCUT2D eigenvalue weighted by Gasteiger charge is 2.11. The van der Waals surface area contributed by atoms with Crippen molar-refractivity contribution >= 4 is 0 Å². The Morgan fingerprint density at radius 1 is 1.29 bits per heavy atom. The van der Waals surface area contributed by atoms with Gasteiger partial charge in [0.2, 0.25) is 5.75 Å². The van der Waals surface area contributed by atoms with Crippen LogP contribution in [0.3, 0.4) is 0 Å².